The lowest BCUT2D eigenvalue weighted by Crippen LogP contribution is -2.45. The van der Waals surface area contributed by atoms with E-state index in [-0.39, 0.29) is 6.61 Å². The first-order chi connectivity index (χ1) is 6.77. The maximum absolute atomic E-state index is 9.46. The van der Waals surface area contributed by atoms with Gasteiger partial charge in [0.25, 0.3) is 0 Å². The molecule has 0 amide bonds. The SMILES string of the molecule is OCCCN(CC(O)CCl)C1CCC1. The highest BCUT2D eigenvalue weighted by molar-refractivity contribution is 6.18. The van der Waals surface area contributed by atoms with Gasteiger partial charge in [-0.25, -0.2) is 0 Å². The second kappa shape index (κ2) is 6.62. The number of aliphatic hydroxyl groups excluding tert-OH is 2. The fraction of sp³-hybridized carbons (Fsp3) is 1.00. The van der Waals surface area contributed by atoms with Gasteiger partial charge in [0.1, 0.15) is 0 Å². The van der Waals surface area contributed by atoms with Gasteiger partial charge < -0.3 is 10.2 Å². The van der Waals surface area contributed by atoms with Gasteiger partial charge in [0.05, 0.1) is 6.10 Å². The average molecular weight is 222 g/mol. The van der Waals surface area contributed by atoms with E-state index in [9.17, 15) is 5.11 Å². The van der Waals surface area contributed by atoms with Crippen LogP contribution in [0.2, 0.25) is 0 Å². The fourth-order valence-corrected chi connectivity index (χ4v) is 1.87. The van der Waals surface area contributed by atoms with Crippen molar-refractivity contribution in [2.45, 2.75) is 37.8 Å². The number of halogens is 1. The van der Waals surface area contributed by atoms with Gasteiger partial charge in [-0.05, 0) is 19.3 Å². The third kappa shape index (κ3) is 3.73. The molecule has 1 atom stereocenters. The van der Waals surface area contributed by atoms with Crippen LogP contribution in [0.15, 0.2) is 0 Å². The highest BCUT2D eigenvalue weighted by Gasteiger charge is 2.25. The molecule has 1 unspecified atom stereocenters. The van der Waals surface area contributed by atoms with Gasteiger partial charge in [-0.2, -0.15) is 0 Å². The molecule has 0 radical (unpaired) electrons. The summed E-state index contributed by atoms with van der Waals surface area (Å²) < 4.78 is 0. The Kier molecular flexibility index (Phi) is 5.78. The maximum atomic E-state index is 9.46. The first-order valence-corrected chi connectivity index (χ1v) is 5.90. The zero-order valence-electron chi connectivity index (χ0n) is 8.53. The van der Waals surface area contributed by atoms with E-state index in [2.05, 4.69) is 4.90 Å². The van der Waals surface area contributed by atoms with Crippen LogP contribution in [0, 0.1) is 0 Å². The van der Waals surface area contributed by atoms with E-state index in [0.717, 1.165) is 13.0 Å². The molecule has 0 aromatic carbocycles. The summed E-state index contributed by atoms with van der Waals surface area (Å²) in [5, 5.41) is 18.2. The molecule has 4 heteroatoms. The molecule has 14 heavy (non-hydrogen) atoms. The molecule has 1 fully saturated rings. The topological polar surface area (TPSA) is 43.7 Å². The maximum Gasteiger partial charge on any atom is 0.0802 e. The second-order valence-electron chi connectivity index (χ2n) is 3.96. The van der Waals surface area contributed by atoms with Crippen LogP contribution in [0.3, 0.4) is 0 Å². The summed E-state index contributed by atoms with van der Waals surface area (Å²) in [5.41, 5.74) is 0. The van der Waals surface area contributed by atoms with Crippen molar-refractivity contribution in [2.75, 3.05) is 25.6 Å². The van der Waals surface area contributed by atoms with Crippen LogP contribution < -0.4 is 0 Å². The van der Waals surface area contributed by atoms with Crippen molar-refractivity contribution in [3.8, 4) is 0 Å². The summed E-state index contributed by atoms with van der Waals surface area (Å²) in [5.74, 6) is 0.294. The van der Waals surface area contributed by atoms with Crippen LogP contribution in [-0.2, 0) is 0 Å². The quantitative estimate of drug-likeness (QED) is 0.626. The lowest BCUT2D eigenvalue weighted by molar-refractivity contribution is 0.0629. The minimum Gasteiger partial charge on any atom is -0.396 e. The van der Waals surface area contributed by atoms with Gasteiger partial charge in [0.2, 0.25) is 0 Å². The number of nitrogens with zero attached hydrogens (tertiary/aromatic N) is 1. The minimum absolute atomic E-state index is 0.222. The summed E-state index contributed by atoms with van der Waals surface area (Å²) in [6, 6.07) is 0.611. The molecule has 0 bridgehead atoms. The average Bonchev–Trinajstić information content (AvgIpc) is 2.11. The van der Waals surface area contributed by atoms with Crippen molar-refractivity contribution in [2.24, 2.45) is 0 Å². The minimum atomic E-state index is -0.434. The normalized spacial score (nSPS) is 19.7. The Balaban J connectivity index is 2.27. The van der Waals surface area contributed by atoms with E-state index in [1.54, 1.807) is 0 Å². The highest BCUT2D eigenvalue weighted by Crippen LogP contribution is 2.25. The van der Waals surface area contributed by atoms with Crippen LogP contribution in [0.1, 0.15) is 25.7 Å². The first-order valence-electron chi connectivity index (χ1n) is 5.37. The Bertz CT molecular complexity index is 153. The molecular weight excluding hydrogens is 202 g/mol. The van der Waals surface area contributed by atoms with Gasteiger partial charge in [0, 0.05) is 31.6 Å². The molecule has 1 aliphatic carbocycles. The standard InChI is InChI=1S/C10H20ClNO2/c11-7-10(14)8-12(5-2-6-13)9-3-1-4-9/h9-10,13-14H,1-8H2. The molecule has 1 rings (SSSR count). The molecule has 0 heterocycles. The lowest BCUT2D eigenvalue weighted by Gasteiger charge is -2.38. The second-order valence-corrected chi connectivity index (χ2v) is 4.27. The smallest absolute Gasteiger partial charge is 0.0802 e. The Morgan fingerprint density at radius 2 is 2.14 bits per heavy atom. The zero-order chi connectivity index (χ0) is 10.4. The van der Waals surface area contributed by atoms with Crippen molar-refractivity contribution in [3.63, 3.8) is 0 Å². The van der Waals surface area contributed by atoms with Crippen molar-refractivity contribution >= 4 is 11.6 Å². The number of rotatable bonds is 7. The van der Waals surface area contributed by atoms with Crippen LogP contribution in [-0.4, -0.2) is 52.8 Å². The third-order valence-corrected chi connectivity index (χ3v) is 3.17. The van der Waals surface area contributed by atoms with Crippen molar-refractivity contribution in [3.05, 3.63) is 0 Å². The summed E-state index contributed by atoms with van der Waals surface area (Å²) in [6.07, 6.45) is 4.08. The van der Waals surface area contributed by atoms with Gasteiger partial charge in [-0.3, -0.25) is 4.90 Å². The van der Waals surface area contributed by atoms with Crippen LogP contribution >= 0.6 is 11.6 Å². The molecule has 1 saturated carbocycles. The van der Waals surface area contributed by atoms with Gasteiger partial charge >= 0.3 is 0 Å². The largest absolute Gasteiger partial charge is 0.396 e. The Hall–Kier alpha value is 0.170. The van der Waals surface area contributed by atoms with Crippen LogP contribution in [0.25, 0.3) is 0 Å². The predicted molar refractivity (Wildman–Crippen MR) is 57.6 cm³/mol. The fourth-order valence-electron chi connectivity index (χ4n) is 1.77. The summed E-state index contributed by atoms with van der Waals surface area (Å²) in [6.45, 7) is 1.74. The van der Waals surface area contributed by atoms with Crippen molar-refractivity contribution < 1.29 is 10.2 Å². The molecule has 0 aliphatic heterocycles. The van der Waals surface area contributed by atoms with Crippen molar-refractivity contribution in [1.82, 2.24) is 4.90 Å². The zero-order valence-corrected chi connectivity index (χ0v) is 9.29. The molecule has 84 valence electrons. The third-order valence-electron chi connectivity index (χ3n) is 2.82. The Morgan fingerprint density at radius 1 is 1.43 bits per heavy atom. The van der Waals surface area contributed by atoms with E-state index in [1.165, 1.54) is 19.3 Å². The Labute approximate surface area is 90.7 Å². The van der Waals surface area contributed by atoms with E-state index in [4.69, 9.17) is 16.7 Å². The molecule has 0 aromatic heterocycles. The van der Waals surface area contributed by atoms with Gasteiger partial charge in [-0.1, -0.05) is 6.42 Å². The molecule has 0 saturated heterocycles. The number of aliphatic hydroxyl groups is 2. The lowest BCUT2D eigenvalue weighted by atomic mass is 9.91. The highest BCUT2D eigenvalue weighted by atomic mass is 35.5. The van der Waals surface area contributed by atoms with E-state index >= 15 is 0 Å². The first kappa shape index (κ1) is 12.2. The summed E-state index contributed by atoms with van der Waals surface area (Å²) >= 11 is 5.57. The molecule has 1 aliphatic rings. The van der Waals surface area contributed by atoms with E-state index in [1.807, 2.05) is 0 Å². The van der Waals surface area contributed by atoms with Gasteiger partial charge in [0.15, 0.2) is 0 Å². The molecule has 2 N–H and O–H groups in total. The molecule has 3 nitrogen and oxygen atoms in total. The molecule has 0 spiro atoms. The predicted octanol–water partition coefficient (Wildman–Crippen LogP) is 0.823. The van der Waals surface area contributed by atoms with Gasteiger partial charge in [-0.15, -0.1) is 11.6 Å². The number of alkyl halides is 1. The summed E-state index contributed by atoms with van der Waals surface area (Å²) in [4.78, 5) is 2.26. The van der Waals surface area contributed by atoms with Crippen LogP contribution in [0.4, 0.5) is 0 Å². The van der Waals surface area contributed by atoms with E-state index in [0.29, 0.717) is 18.5 Å². The molecular formula is C10H20ClNO2. The van der Waals surface area contributed by atoms with E-state index < -0.39 is 6.10 Å². The molecule has 0 aromatic rings. The van der Waals surface area contributed by atoms with Crippen molar-refractivity contribution in [1.29, 1.82) is 0 Å². The summed E-state index contributed by atoms with van der Waals surface area (Å²) in [7, 11) is 0. The van der Waals surface area contributed by atoms with Crippen LogP contribution in [0.5, 0.6) is 0 Å². The monoisotopic (exact) mass is 221 g/mol. The number of hydrogen-bond donors (Lipinski definition) is 2. The Morgan fingerprint density at radius 3 is 2.57 bits per heavy atom. The number of hydrogen-bond acceptors (Lipinski definition) is 3.